The minimum Gasteiger partial charge on any atom is -0.482 e. The van der Waals surface area contributed by atoms with E-state index in [9.17, 15) is 14.4 Å². The Morgan fingerprint density at radius 1 is 1.15 bits per heavy atom. The molecule has 0 saturated carbocycles. The summed E-state index contributed by atoms with van der Waals surface area (Å²) in [6, 6.07) is 8.13. The van der Waals surface area contributed by atoms with Crippen molar-refractivity contribution in [2.75, 3.05) is 13.2 Å². The predicted molar refractivity (Wildman–Crippen MR) is 94.5 cm³/mol. The summed E-state index contributed by atoms with van der Waals surface area (Å²) < 4.78 is 9.91. The Kier molecular flexibility index (Phi) is 7.27. The Hall–Kier alpha value is -3.45. The number of benzene rings is 1. The third-order valence-electron chi connectivity index (χ3n) is 3.02. The molecule has 1 aromatic carbocycles. The third kappa shape index (κ3) is 7.13. The zero-order chi connectivity index (χ0) is 19.6. The van der Waals surface area contributed by atoms with Gasteiger partial charge in [-0.25, -0.2) is 9.78 Å². The van der Waals surface area contributed by atoms with E-state index in [1.54, 1.807) is 12.1 Å². The number of nitriles is 1. The lowest BCUT2D eigenvalue weighted by Crippen LogP contribution is -2.44. The quantitative estimate of drug-likeness (QED) is 0.525. The minimum absolute atomic E-state index is 0.0387. The highest BCUT2D eigenvalue weighted by molar-refractivity contribution is 7.09. The van der Waals surface area contributed by atoms with Gasteiger partial charge in [-0.3, -0.25) is 20.4 Å². The number of thiazole rings is 1. The first-order chi connectivity index (χ1) is 13.0. The summed E-state index contributed by atoms with van der Waals surface area (Å²) >= 11 is 1.35. The van der Waals surface area contributed by atoms with Gasteiger partial charge in [-0.05, 0) is 31.2 Å². The summed E-state index contributed by atoms with van der Waals surface area (Å²) in [4.78, 5) is 38.9. The summed E-state index contributed by atoms with van der Waals surface area (Å²) in [6.07, 6.45) is 0.0387. The summed E-state index contributed by atoms with van der Waals surface area (Å²) in [5.41, 5.74) is 5.64. The monoisotopic (exact) mass is 388 g/mol. The fourth-order valence-corrected chi connectivity index (χ4v) is 2.57. The number of aryl methyl sites for hydroxylation is 1. The summed E-state index contributed by atoms with van der Waals surface area (Å²) in [5.74, 6) is -1.49. The number of carbonyl (C=O) groups excluding carboxylic acids is 3. The maximum atomic E-state index is 11.7. The van der Waals surface area contributed by atoms with Crippen LogP contribution in [0.4, 0.5) is 0 Å². The molecule has 0 spiro atoms. The second-order valence-corrected chi connectivity index (χ2v) is 6.18. The Morgan fingerprint density at radius 2 is 1.85 bits per heavy atom. The summed E-state index contributed by atoms with van der Waals surface area (Å²) in [7, 11) is 0. The highest BCUT2D eigenvalue weighted by Gasteiger charge is 2.11. The van der Waals surface area contributed by atoms with Crippen molar-refractivity contribution in [1.82, 2.24) is 15.8 Å². The lowest BCUT2D eigenvalue weighted by atomic mass is 10.2. The number of nitrogens with one attached hydrogen (secondary N) is 2. The number of carbonyl (C=O) groups is 3. The first-order valence-corrected chi connectivity index (χ1v) is 8.61. The van der Waals surface area contributed by atoms with Crippen LogP contribution in [0.2, 0.25) is 0 Å². The van der Waals surface area contributed by atoms with Crippen LogP contribution in [-0.2, 0) is 25.5 Å². The van der Waals surface area contributed by atoms with Crippen LogP contribution in [0, 0.1) is 18.3 Å². The van der Waals surface area contributed by atoms with Crippen LogP contribution < -0.4 is 15.6 Å². The third-order valence-corrected chi connectivity index (χ3v) is 3.99. The molecule has 2 amide bonds. The standard InChI is InChI=1S/C17H16N4O5S/c1-11-10-27-16(19-11)6-14(22)20-21-15(23)8-26-17(24)9-25-13-4-2-12(7-18)3-5-13/h2-5,10H,6,8-9H2,1H3,(H,20,22)(H,21,23). The Morgan fingerprint density at radius 3 is 2.48 bits per heavy atom. The van der Waals surface area contributed by atoms with E-state index in [2.05, 4.69) is 15.8 Å². The molecule has 9 nitrogen and oxygen atoms in total. The van der Waals surface area contributed by atoms with Crippen LogP contribution in [0.25, 0.3) is 0 Å². The molecule has 2 aromatic rings. The van der Waals surface area contributed by atoms with Gasteiger partial charge in [0.05, 0.1) is 18.1 Å². The largest absolute Gasteiger partial charge is 0.482 e. The number of aromatic nitrogens is 1. The molecule has 1 heterocycles. The van der Waals surface area contributed by atoms with Crippen LogP contribution in [0.3, 0.4) is 0 Å². The van der Waals surface area contributed by atoms with Gasteiger partial charge in [0.15, 0.2) is 13.2 Å². The maximum Gasteiger partial charge on any atom is 0.344 e. The zero-order valence-electron chi connectivity index (χ0n) is 14.4. The minimum atomic E-state index is -0.751. The molecule has 27 heavy (non-hydrogen) atoms. The number of nitrogens with zero attached hydrogens (tertiary/aromatic N) is 2. The molecule has 0 atom stereocenters. The fourth-order valence-electron chi connectivity index (χ4n) is 1.80. The molecule has 0 aliphatic carbocycles. The van der Waals surface area contributed by atoms with Gasteiger partial charge >= 0.3 is 5.97 Å². The van der Waals surface area contributed by atoms with Crippen molar-refractivity contribution in [3.63, 3.8) is 0 Å². The molecule has 1 aromatic heterocycles. The molecule has 0 aliphatic heterocycles. The number of esters is 1. The molecular weight excluding hydrogens is 372 g/mol. The van der Waals surface area contributed by atoms with Gasteiger partial charge in [-0.1, -0.05) is 0 Å². The average molecular weight is 388 g/mol. The average Bonchev–Trinajstić information content (AvgIpc) is 3.08. The molecule has 140 valence electrons. The van der Waals surface area contributed by atoms with E-state index in [1.165, 1.54) is 23.5 Å². The summed E-state index contributed by atoms with van der Waals surface area (Å²) in [5, 5.41) is 11.1. The van der Waals surface area contributed by atoms with Gasteiger partial charge < -0.3 is 9.47 Å². The first kappa shape index (κ1) is 19.9. The number of hydrazine groups is 1. The van der Waals surface area contributed by atoms with Crippen LogP contribution in [0.1, 0.15) is 16.3 Å². The van der Waals surface area contributed by atoms with E-state index in [1.807, 2.05) is 18.4 Å². The van der Waals surface area contributed by atoms with Crippen molar-refractivity contribution in [3.8, 4) is 11.8 Å². The second-order valence-electron chi connectivity index (χ2n) is 5.24. The number of hydrogen-bond acceptors (Lipinski definition) is 8. The number of hydrogen-bond donors (Lipinski definition) is 2. The van der Waals surface area contributed by atoms with Crippen molar-refractivity contribution >= 4 is 29.1 Å². The van der Waals surface area contributed by atoms with E-state index < -0.39 is 31.0 Å². The van der Waals surface area contributed by atoms with Crippen LogP contribution in [-0.4, -0.2) is 36.0 Å². The topological polar surface area (TPSA) is 130 Å². The molecule has 0 aliphatic rings. The van der Waals surface area contributed by atoms with E-state index in [0.29, 0.717) is 16.3 Å². The molecule has 0 unspecified atom stereocenters. The Bertz CT molecular complexity index is 857. The van der Waals surface area contributed by atoms with Crippen molar-refractivity contribution in [2.45, 2.75) is 13.3 Å². The van der Waals surface area contributed by atoms with Crippen molar-refractivity contribution in [1.29, 1.82) is 5.26 Å². The molecule has 2 N–H and O–H groups in total. The van der Waals surface area contributed by atoms with Gasteiger partial charge in [0.25, 0.3) is 5.91 Å². The fraction of sp³-hybridized carbons (Fsp3) is 0.235. The molecule has 0 bridgehead atoms. The van der Waals surface area contributed by atoms with Crippen molar-refractivity contribution in [3.05, 3.63) is 45.9 Å². The zero-order valence-corrected chi connectivity index (χ0v) is 15.2. The van der Waals surface area contributed by atoms with E-state index in [0.717, 1.165) is 5.69 Å². The highest BCUT2D eigenvalue weighted by Crippen LogP contribution is 2.11. The molecule has 0 radical (unpaired) electrons. The summed E-state index contributed by atoms with van der Waals surface area (Å²) in [6.45, 7) is 0.861. The van der Waals surface area contributed by atoms with Crippen molar-refractivity contribution in [2.24, 2.45) is 0 Å². The Labute approximate surface area is 158 Å². The van der Waals surface area contributed by atoms with E-state index in [4.69, 9.17) is 14.7 Å². The normalized spacial score (nSPS) is 9.78. The van der Waals surface area contributed by atoms with E-state index in [-0.39, 0.29) is 6.42 Å². The van der Waals surface area contributed by atoms with Gasteiger partial charge in [0, 0.05) is 11.1 Å². The lowest BCUT2D eigenvalue weighted by molar-refractivity contribution is -0.150. The Balaban J connectivity index is 1.62. The van der Waals surface area contributed by atoms with Crippen LogP contribution >= 0.6 is 11.3 Å². The molecule has 0 fully saturated rings. The number of amides is 2. The van der Waals surface area contributed by atoms with Gasteiger partial charge in [-0.2, -0.15) is 5.26 Å². The molecule has 10 heteroatoms. The highest BCUT2D eigenvalue weighted by atomic mass is 32.1. The van der Waals surface area contributed by atoms with E-state index >= 15 is 0 Å². The SMILES string of the molecule is Cc1csc(CC(=O)NNC(=O)COC(=O)COc2ccc(C#N)cc2)n1. The lowest BCUT2D eigenvalue weighted by Gasteiger charge is -2.08. The second kappa shape index (κ2) is 9.88. The van der Waals surface area contributed by atoms with Crippen molar-refractivity contribution < 1.29 is 23.9 Å². The molecule has 0 saturated heterocycles. The van der Waals surface area contributed by atoms with Gasteiger partial charge in [0.2, 0.25) is 5.91 Å². The number of ether oxygens (including phenoxy) is 2. The number of rotatable bonds is 7. The van der Waals surface area contributed by atoms with Crippen LogP contribution in [0.5, 0.6) is 5.75 Å². The van der Waals surface area contributed by atoms with Gasteiger partial charge in [0.1, 0.15) is 10.8 Å². The molecule has 2 rings (SSSR count). The predicted octanol–water partition coefficient (Wildman–Crippen LogP) is 0.635. The molecular formula is C17H16N4O5S. The smallest absolute Gasteiger partial charge is 0.344 e. The van der Waals surface area contributed by atoms with Gasteiger partial charge in [-0.15, -0.1) is 11.3 Å². The van der Waals surface area contributed by atoms with Crippen LogP contribution in [0.15, 0.2) is 29.6 Å². The maximum absolute atomic E-state index is 11.7. The first-order valence-electron chi connectivity index (χ1n) is 7.73.